The van der Waals surface area contributed by atoms with Crippen LogP contribution >= 0.6 is 7.82 Å². The normalized spacial score (nSPS) is 36.0. The van der Waals surface area contributed by atoms with Crippen LogP contribution < -0.4 is 11.5 Å². The zero-order valence-corrected chi connectivity index (χ0v) is 17.3. The summed E-state index contributed by atoms with van der Waals surface area (Å²) in [4.78, 5) is 3.99. The van der Waals surface area contributed by atoms with Crippen molar-refractivity contribution in [1.29, 1.82) is 0 Å². The first-order chi connectivity index (χ1) is 13.0. The second-order valence-electron chi connectivity index (χ2n) is 8.72. The van der Waals surface area contributed by atoms with Gasteiger partial charge in [0.2, 0.25) is 0 Å². The SMILES string of the molecule is CC(C)(C)CO[P@]1(=O)OC[C@H]2O[C@H](c3ccc4c(N)ncnn34)[C@](C)(N)[C@@H]2O1. The van der Waals surface area contributed by atoms with Crippen LogP contribution in [0.4, 0.5) is 5.82 Å². The molecule has 2 aliphatic rings. The lowest BCUT2D eigenvalue weighted by molar-refractivity contribution is -0.0630. The van der Waals surface area contributed by atoms with Gasteiger partial charge in [0.05, 0.1) is 24.4 Å². The molecule has 2 fully saturated rings. The third kappa shape index (κ3) is 3.34. The van der Waals surface area contributed by atoms with Crippen LogP contribution in [-0.2, 0) is 22.9 Å². The van der Waals surface area contributed by atoms with Gasteiger partial charge in [-0.05, 0) is 24.5 Å². The van der Waals surface area contributed by atoms with Crippen molar-refractivity contribution in [3.05, 3.63) is 24.2 Å². The van der Waals surface area contributed by atoms with Gasteiger partial charge in [0.25, 0.3) is 0 Å². The number of nitrogen functional groups attached to an aromatic ring is 1. The Balaban J connectivity index is 1.61. The minimum Gasteiger partial charge on any atom is -0.382 e. The second kappa shape index (κ2) is 6.48. The molecule has 0 bridgehead atoms. The number of rotatable bonds is 3. The molecule has 11 heteroatoms. The number of nitrogens with two attached hydrogens (primary N) is 2. The highest BCUT2D eigenvalue weighted by molar-refractivity contribution is 7.48. The molecule has 10 nitrogen and oxygen atoms in total. The molecule has 0 unspecified atom stereocenters. The van der Waals surface area contributed by atoms with E-state index in [0.29, 0.717) is 17.0 Å². The predicted octanol–water partition coefficient (Wildman–Crippen LogP) is 2.05. The number of phosphoric acid groups is 1. The summed E-state index contributed by atoms with van der Waals surface area (Å²) in [7, 11) is -3.73. The third-order valence-corrected chi connectivity index (χ3v) is 6.30. The van der Waals surface area contributed by atoms with Crippen LogP contribution in [0.1, 0.15) is 39.5 Å². The average molecular weight is 411 g/mol. The Hall–Kier alpha value is -1.55. The van der Waals surface area contributed by atoms with Gasteiger partial charge in [0, 0.05) is 0 Å². The van der Waals surface area contributed by atoms with Crippen LogP contribution in [0.2, 0.25) is 0 Å². The predicted molar refractivity (Wildman–Crippen MR) is 101 cm³/mol. The Morgan fingerprint density at radius 1 is 1.43 bits per heavy atom. The minimum atomic E-state index is -3.73. The molecule has 2 aromatic heterocycles. The topological polar surface area (TPSA) is 136 Å². The molecule has 2 aromatic rings. The fraction of sp³-hybridized carbons (Fsp3) is 0.647. The maximum absolute atomic E-state index is 12.9. The van der Waals surface area contributed by atoms with Gasteiger partial charge in [0.1, 0.15) is 30.2 Å². The van der Waals surface area contributed by atoms with Crippen LogP contribution in [0.5, 0.6) is 0 Å². The summed E-state index contributed by atoms with van der Waals surface area (Å²) < 4.78 is 37.4. The number of fused-ring (bicyclic) bond motifs is 2. The molecule has 4 N–H and O–H groups in total. The number of aromatic nitrogens is 3. The number of phosphoric ester groups is 1. The minimum absolute atomic E-state index is 0.0653. The zero-order valence-electron chi connectivity index (χ0n) is 16.4. The van der Waals surface area contributed by atoms with Crippen molar-refractivity contribution in [3.8, 4) is 0 Å². The first-order valence-electron chi connectivity index (χ1n) is 9.10. The number of nitrogens with zero attached hydrogens (tertiary/aromatic N) is 3. The van der Waals surface area contributed by atoms with Crippen LogP contribution in [0.3, 0.4) is 0 Å². The van der Waals surface area contributed by atoms with Gasteiger partial charge in [-0.15, -0.1) is 0 Å². The summed E-state index contributed by atoms with van der Waals surface area (Å²) in [6, 6.07) is 3.64. The Morgan fingerprint density at radius 2 is 2.18 bits per heavy atom. The Kier molecular flexibility index (Phi) is 4.57. The van der Waals surface area contributed by atoms with E-state index in [0.717, 1.165) is 0 Å². The van der Waals surface area contributed by atoms with E-state index in [2.05, 4.69) is 10.1 Å². The number of ether oxygens (including phenoxy) is 1. The van der Waals surface area contributed by atoms with Crippen molar-refractivity contribution in [2.45, 2.75) is 51.5 Å². The second-order valence-corrected chi connectivity index (χ2v) is 10.3. The van der Waals surface area contributed by atoms with Crippen LogP contribution in [0.25, 0.3) is 5.52 Å². The third-order valence-electron chi connectivity index (χ3n) is 4.90. The lowest BCUT2D eigenvalue weighted by atomic mass is 9.88. The fourth-order valence-electron chi connectivity index (χ4n) is 3.49. The Bertz CT molecular complexity index is 940. The van der Waals surface area contributed by atoms with Crippen LogP contribution in [0, 0.1) is 5.41 Å². The molecular weight excluding hydrogens is 385 g/mol. The van der Waals surface area contributed by atoms with E-state index >= 15 is 0 Å². The van der Waals surface area contributed by atoms with Crippen molar-refractivity contribution in [2.24, 2.45) is 11.1 Å². The van der Waals surface area contributed by atoms with Crippen molar-refractivity contribution >= 4 is 19.2 Å². The summed E-state index contributed by atoms with van der Waals surface area (Å²) >= 11 is 0. The molecule has 2 aliphatic heterocycles. The van der Waals surface area contributed by atoms with E-state index in [-0.39, 0.29) is 18.6 Å². The van der Waals surface area contributed by atoms with E-state index in [4.69, 9.17) is 29.8 Å². The molecule has 154 valence electrons. The Labute approximate surface area is 163 Å². The maximum atomic E-state index is 12.9. The summed E-state index contributed by atoms with van der Waals surface area (Å²) in [6.45, 7) is 8.01. The van der Waals surface area contributed by atoms with Crippen LogP contribution in [-0.4, -0.2) is 45.6 Å². The molecule has 2 saturated heterocycles. The molecule has 0 spiro atoms. The summed E-state index contributed by atoms with van der Waals surface area (Å²) in [5, 5.41) is 4.25. The van der Waals surface area contributed by atoms with E-state index in [1.54, 1.807) is 17.5 Å². The zero-order chi connectivity index (χ0) is 20.3. The van der Waals surface area contributed by atoms with Gasteiger partial charge in [-0.1, -0.05) is 20.8 Å². The van der Waals surface area contributed by atoms with Gasteiger partial charge >= 0.3 is 7.82 Å². The molecule has 4 heterocycles. The molecule has 0 radical (unpaired) electrons. The molecule has 28 heavy (non-hydrogen) atoms. The summed E-state index contributed by atoms with van der Waals surface area (Å²) in [5.74, 6) is 0.357. The standard InChI is InChI=1S/C17H26N5O5P/c1-16(2,3)8-25-28(23)24-7-12-14(27-28)17(4,19)13(26-12)10-5-6-11-15(18)20-9-21-22(10)11/h5-6,9,12-14H,7-8,19H2,1-4H3,(H2,18,20,21)/t12-,13-,14-,17+,28+/m1/s1. The largest absolute Gasteiger partial charge is 0.475 e. The average Bonchev–Trinajstić information content (AvgIpc) is 3.13. The van der Waals surface area contributed by atoms with Gasteiger partial charge in [-0.3, -0.25) is 13.6 Å². The number of anilines is 1. The smallest absolute Gasteiger partial charge is 0.382 e. The molecule has 0 aromatic carbocycles. The first kappa shape index (κ1) is 19.8. The lowest BCUT2D eigenvalue weighted by Gasteiger charge is -2.36. The fourth-order valence-corrected chi connectivity index (χ4v) is 5.20. The quantitative estimate of drug-likeness (QED) is 0.727. The molecule has 0 saturated carbocycles. The lowest BCUT2D eigenvalue weighted by Crippen LogP contribution is -2.53. The molecule has 0 aliphatic carbocycles. The van der Waals surface area contributed by atoms with Gasteiger partial charge < -0.3 is 16.2 Å². The molecule has 5 atom stereocenters. The number of hydrogen-bond donors (Lipinski definition) is 2. The monoisotopic (exact) mass is 411 g/mol. The van der Waals surface area contributed by atoms with Crippen molar-refractivity contribution in [1.82, 2.24) is 14.6 Å². The van der Waals surface area contributed by atoms with Crippen molar-refractivity contribution < 1.29 is 22.9 Å². The highest BCUT2D eigenvalue weighted by Gasteiger charge is 2.59. The van der Waals surface area contributed by atoms with E-state index < -0.39 is 31.7 Å². The first-order valence-corrected chi connectivity index (χ1v) is 10.6. The van der Waals surface area contributed by atoms with Crippen molar-refractivity contribution in [2.75, 3.05) is 18.9 Å². The molecule has 4 rings (SSSR count). The van der Waals surface area contributed by atoms with E-state index in [9.17, 15) is 4.57 Å². The van der Waals surface area contributed by atoms with Crippen LogP contribution in [0.15, 0.2) is 18.5 Å². The number of hydrogen-bond acceptors (Lipinski definition) is 9. The van der Waals surface area contributed by atoms with E-state index in [1.807, 2.05) is 26.8 Å². The summed E-state index contributed by atoms with van der Waals surface area (Å²) in [5.41, 5.74) is 12.7. The maximum Gasteiger partial charge on any atom is 0.475 e. The molecular formula is C17H26N5O5P. The highest BCUT2D eigenvalue weighted by Crippen LogP contribution is 2.59. The van der Waals surface area contributed by atoms with E-state index in [1.165, 1.54) is 6.33 Å². The highest BCUT2D eigenvalue weighted by atomic mass is 31.2. The van der Waals surface area contributed by atoms with Gasteiger partial charge in [-0.25, -0.2) is 14.1 Å². The Morgan fingerprint density at radius 3 is 2.89 bits per heavy atom. The van der Waals surface area contributed by atoms with Crippen molar-refractivity contribution in [3.63, 3.8) is 0 Å². The molecule has 0 amide bonds. The summed E-state index contributed by atoms with van der Waals surface area (Å²) in [6.07, 6.45) is -0.348. The van der Waals surface area contributed by atoms with Gasteiger partial charge in [0.15, 0.2) is 5.82 Å². The van der Waals surface area contributed by atoms with Gasteiger partial charge in [-0.2, -0.15) is 5.10 Å².